The van der Waals surface area contributed by atoms with E-state index in [-0.39, 0.29) is 6.10 Å². The monoisotopic (exact) mass is 258 g/mol. The van der Waals surface area contributed by atoms with Crippen molar-refractivity contribution < 1.29 is 9.15 Å². The fourth-order valence-electron chi connectivity index (χ4n) is 1.99. The molecule has 1 aliphatic rings. The molecule has 1 fully saturated rings. The SMILES string of the molecule is CCN1CCOC(CNCc2ccc(Cl)o2)C1. The van der Waals surface area contributed by atoms with Crippen molar-refractivity contribution in [2.24, 2.45) is 0 Å². The summed E-state index contributed by atoms with van der Waals surface area (Å²) in [5.41, 5.74) is 0. The molecule has 1 aromatic heterocycles. The Labute approximate surface area is 107 Å². The molecule has 1 saturated heterocycles. The van der Waals surface area contributed by atoms with Gasteiger partial charge in [-0.3, -0.25) is 4.90 Å². The van der Waals surface area contributed by atoms with Gasteiger partial charge in [-0.1, -0.05) is 6.92 Å². The van der Waals surface area contributed by atoms with Crippen molar-refractivity contribution in [1.29, 1.82) is 0 Å². The first kappa shape index (κ1) is 12.9. The zero-order valence-corrected chi connectivity index (χ0v) is 10.9. The summed E-state index contributed by atoms with van der Waals surface area (Å²) < 4.78 is 11.0. The Hall–Kier alpha value is -0.550. The molecule has 2 rings (SSSR count). The first-order valence-electron chi connectivity index (χ1n) is 6.07. The summed E-state index contributed by atoms with van der Waals surface area (Å²) in [5, 5.41) is 3.76. The molecule has 1 N–H and O–H groups in total. The maximum atomic E-state index is 5.70. The highest BCUT2D eigenvalue weighted by molar-refractivity contribution is 6.28. The van der Waals surface area contributed by atoms with Crippen LogP contribution in [0.5, 0.6) is 0 Å². The van der Waals surface area contributed by atoms with Crippen LogP contribution in [0, 0.1) is 0 Å². The van der Waals surface area contributed by atoms with Gasteiger partial charge in [0.1, 0.15) is 5.76 Å². The number of halogens is 1. The van der Waals surface area contributed by atoms with Gasteiger partial charge in [-0.25, -0.2) is 0 Å². The smallest absolute Gasteiger partial charge is 0.193 e. The fraction of sp³-hybridized carbons (Fsp3) is 0.667. The molecule has 5 heteroatoms. The van der Waals surface area contributed by atoms with Gasteiger partial charge < -0.3 is 14.5 Å². The number of likely N-dealkylation sites (N-methyl/N-ethyl adjacent to an activating group) is 1. The molecule has 17 heavy (non-hydrogen) atoms. The number of hydrogen-bond donors (Lipinski definition) is 1. The van der Waals surface area contributed by atoms with Crippen molar-refractivity contribution in [2.45, 2.75) is 19.6 Å². The van der Waals surface area contributed by atoms with E-state index in [1.54, 1.807) is 6.07 Å². The van der Waals surface area contributed by atoms with Gasteiger partial charge in [0.25, 0.3) is 0 Å². The minimum Gasteiger partial charge on any atom is -0.448 e. The molecule has 1 unspecified atom stereocenters. The van der Waals surface area contributed by atoms with E-state index in [2.05, 4.69) is 17.1 Å². The summed E-state index contributed by atoms with van der Waals surface area (Å²) in [5.74, 6) is 0.859. The van der Waals surface area contributed by atoms with Crippen LogP contribution >= 0.6 is 11.6 Å². The van der Waals surface area contributed by atoms with E-state index in [9.17, 15) is 0 Å². The van der Waals surface area contributed by atoms with Crippen LogP contribution in [0.2, 0.25) is 5.22 Å². The highest BCUT2D eigenvalue weighted by Gasteiger charge is 2.18. The zero-order valence-electron chi connectivity index (χ0n) is 10.1. The first-order chi connectivity index (χ1) is 8.28. The highest BCUT2D eigenvalue weighted by atomic mass is 35.5. The topological polar surface area (TPSA) is 37.6 Å². The number of nitrogens with zero attached hydrogens (tertiary/aromatic N) is 1. The summed E-state index contributed by atoms with van der Waals surface area (Å²) in [6, 6.07) is 3.64. The summed E-state index contributed by atoms with van der Waals surface area (Å²) in [6.07, 6.45) is 0.272. The van der Waals surface area contributed by atoms with E-state index in [0.29, 0.717) is 11.8 Å². The molecule has 0 saturated carbocycles. The molecule has 2 heterocycles. The van der Waals surface area contributed by atoms with Crippen molar-refractivity contribution in [3.63, 3.8) is 0 Å². The molecule has 4 nitrogen and oxygen atoms in total. The van der Waals surface area contributed by atoms with Gasteiger partial charge in [-0.05, 0) is 30.3 Å². The lowest BCUT2D eigenvalue weighted by atomic mass is 10.2. The standard InChI is InChI=1S/C12H19ClN2O2/c1-2-15-5-6-16-11(9-15)8-14-7-10-3-4-12(13)17-10/h3-4,11,14H,2,5-9H2,1H3. The Kier molecular flexibility index (Phi) is 4.86. The van der Waals surface area contributed by atoms with Crippen molar-refractivity contribution in [3.8, 4) is 0 Å². The predicted octanol–water partition coefficient (Wildman–Crippen LogP) is 1.74. The maximum absolute atomic E-state index is 5.70. The molecule has 1 aromatic rings. The minimum atomic E-state index is 0.272. The van der Waals surface area contributed by atoms with Crippen molar-refractivity contribution in [2.75, 3.05) is 32.8 Å². The van der Waals surface area contributed by atoms with Crippen molar-refractivity contribution in [1.82, 2.24) is 10.2 Å². The molecule has 0 radical (unpaired) electrons. The van der Waals surface area contributed by atoms with E-state index >= 15 is 0 Å². The average Bonchev–Trinajstić information content (AvgIpc) is 2.75. The number of furan rings is 1. The largest absolute Gasteiger partial charge is 0.448 e. The lowest BCUT2D eigenvalue weighted by Crippen LogP contribution is -2.46. The van der Waals surface area contributed by atoms with Crippen molar-refractivity contribution in [3.05, 3.63) is 23.1 Å². The lowest BCUT2D eigenvalue weighted by molar-refractivity contribution is -0.0255. The minimum absolute atomic E-state index is 0.272. The molecular formula is C12H19ClN2O2. The Morgan fingerprint density at radius 1 is 1.53 bits per heavy atom. The molecule has 0 aliphatic carbocycles. The summed E-state index contributed by atoms with van der Waals surface area (Å²) >= 11 is 5.70. The number of hydrogen-bond acceptors (Lipinski definition) is 4. The van der Waals surface area contributed by atoms with Crippen LogP contribution in [-0.4, -0.2) is 43.8 Å². The van der Waals surface area contributed by atoms with Gasteiger partial charge >= 0.3 is 0 Å². The Balaban J connectivity index is 1.68. The van der Waals surface area contributed by atoms with Gasteiger partial charge in [0, 0.05) is 19.6 Å². The van der Waals surface area contributed by atoms with E-state index < -0.39 is 0 Å². The summed E-state index contributed by atoms with van der Waals surface area (Å²) in [6.45, 7) is 7.68. The van der Waals surface area contributed by atoms with Gasteiger partial charge in [-0.2, -0.15) is 0 Å². The molecule has 0 amide bonds. The van der Waals surface area contributed by atoms with Crippen LogP contribution in [-0.2, 0) is 11.3 Å². The molecular weight excluding hydrogens is 240 g/mol. The van der Waals surface area contributed by atoms with Crippen LogP contribution in [0.1, 0.15) is 12.7 Å². The van der Waals surface area contributed by atoms with E-state index in [0.717, 1.165) is 38.5 Å². The van der Waals surface area contributed by atoms with Crippen LogP contribution in [0.25, 0.3) is 0 Å². The molecule has 0 spiro atoms. The molecule has 0 aromatic carbocycles. The average molecular weight is 259 g/mol. The second-order valence-corrected chi connectivity index (χ2v) is 4.60. The molecule has 1 aliphatic heterocycles. The molecule has 96 valence electrons. The van der Waals surface area contributed by atoms with Crippen molar-refractivity contribution >= 4 is 11.6 Å². The second kappa shape index (κ2) is 6.40. The number of nitrogens with one attached hydrogen (secondary N) is 1. The van der Waals surface area contributed by atoms with E-state index in [4.69, 9.17) is 20.8 Å². The Morgan fingerprint density at radius 2 is 2.41 bits per heavy atom. The lowest BCUT2D eigenvalue weighted by Gasteiger charge is -2.32. The normalized spacial score (nSPS) is 21.9. The van der Waals surface area contributed by atoms with Crippen LogP contribution < -0.4 is 5.32 Å². The van der Waals surface area contributed by atoms with Crippen LogP contribution in [0.15, 0.2) is 16.5 Å². The second-order valence-electron chi connectivity index (χ2n) is 4.22. The molecule has 0 bridgehead atoms. The third kappa shape index (κ3) is 4.00. The van der Waals surface area contributed by atoms with Crippen LogP contribution in [0.3, 0.4) is 0 Å². The predicted molar refractivity (Wildman–Crippen MR) is 67.3 cm³/mol. The third-order valence-corrected chi connectivity index (χ3v) is 3.17. The van der Waals surface area contributed by atoms with Gasteiger partial charge in [0.15, 0.2) is 5.22 Å². The molecule has 1 atom stereocenters. The number of ether oxygens (including phenoxy) is 1. The summed E-state index contributed by atoms with van der Waals surface area (Å²) in [7, 11) is 0. The van der Waals surface area contributed by atoms with Gasteiger partial charge in [0.2, 0.25) is 0 Å². The zero-order chi connectivity index (χ0) is 12.1. The van der Waals surface area contributed by atoms with E-state index in [1.165, 1.54) is 0 Å². The Bertz CT molecular complexity index is 343. The van der Waals surface area contributed by atoms with Gasteiger partial charge in [-0.15, -0.1) is 0 Å². The number of morpholine rings is 1. The third-order valence-electron chi connectivity index (χ3n) is 2.97. The first-order valence-corrected chi connectivity index (χ1v) is 6.44. The quantitative estimate of drug-likeness (QED) is 0.873. The fourth-order valence-corrected chi connectivity index (χ4v) is 2.16. The summed E-state index contributed by atoms with van der Waals surface area (Å²) in [4.78, 5) is 2.40. The number of rotatable bonds is 5. The van der Waals surface area contributed by atoms with E-state index in [1.807, 2.05) is 6.07 Å². The maximum Gasteiger partial charge on any atom is 0.193 e. The van der Waals surface area contributed by atoms with Gasteiger partial charge in [0.05, 0.1) is 19.3 Å². The Morgan fingerprint density at radius 3 is 3.12 bits per heavy atom. The van der Waals surface area contributed by atoms with Crippen LogP contribution in [0.4, 0.5) is 0 Å². The highest BCUT2D eigenvalue weighted by Crippen LogP contribution is 2.12.